The van der Waals surface area contributed by atoms with Crippen molar-refractivity contribution >= 4 is 28.8 Å². The Labute approximate surface area is 234 Å². The van der Waals surface area contributed by atoms with Gasteiger partial charge in [-0.3, -0.25) is 0 Å². The summed E-state index contributed by atoms with van der Waals surface area (Å²) in [7, 11) is 3.84. The van der Waals surface area contributed by atoms with Gasteiger partial charge >= 0.3 is 0 Å². The summed E-state index contributed by atoms with van der Waals surface area (Å²) >= 11 is 5.54. The molecule has 6 heteroatoms. The van der Waals surface area contributed by atoms with Gasteiger partial charge in [-0.05, 0) is 70.6 Å². The molecule has 38 heavy (non-hydrogen) atoms. The first-order chi connectivity index (χ1) is 17.7. The van der Waals surface area contributed by atoms with Crippen molar-refractivity contribution < 1.29 is 14.6 Å². The highest BCUT2D eigenvalue weighted by Crippen LogP contribution is 2.27. The van der Waals surface area contributed by atoms with Crippen LogP contribution in [-0.2, 0) is 10.8 Å². The molecule has 0 radical (unpaired) electrons. The fourth-order valence-corrected chi connectivity index (χ4v) is 4.16. The van der Waals surface area contributed by atoms with Crippen LogP contribution in [0.3, 0.4) is 0 Å². The molecule has 0 heterocycles. The van der Waals surface area contributed by atoms with Crippen molar-refractivity contribution in [3.05, 3.63) is 83.9 Å². The predicted molar refractivity (Wildman–Crippen MR) is 163 cm³/mol. The molecule has 0 spiro atoms. The molecule has 0 saturated carbocycles. The van der Waals surface area contributed by atoms with Crippen LogP contribution in [0.1, 0.15) is 52.7 Å². The molecule has 204 valence electrons. The van der Waals surface area contributed by atoms with E-state index in [1.807, 2.05) is 55.4 Å². The standard InChI is InChI=1S/C32H42N2O3S/c1-31(2,3)23-12-16-25(17-13-23)33(7)21-27(35)22-36-29-11-9-10-26(20-29)34(8)30(38)37-28-18-14-24(15-19-28)32(4,5)6/h9-20,27,35H,21-22H2,1-8H3. The highest BCUT2D eigenvalue weighted by Gasteiger charge is 2.16. The minimum Gasteiger partial charge on any atom is -0.491 e. The molecule has 5 nitrogen and oxygen atoms in total. The van der Waals surface area contributed by atoms with Crippen molar-refractivity contribution in [2.45, 2.75) is 58.5 Å². The Bertz CT molecular complexity index is 1200. The zero-order chi connectivity index (χ0) is 28.1. The Morgan fingerprint density at radius 3 is 1.89 bits per heavy atom. The number of aliphatic hydroxyl groups is 1. The van der Waals surface area contributed by atoms with Gasteiger partial charge in [0, 0.05) is 38.1 Å². The Kier molecular flexibility index (Phi) is 9.45. The summed E-state index contributed by atoms with van der Waals surface area (Å²) in [6.07, 6.45) is -0.649. The van der Waals surface area contributed by atoms with E-state index >= 15 is 0 Å². The molecular formula is C32H42N2O3S. The third kappa shape index (κ3) is 8.20. The lowest BCUT2D eigenvalue weighted by Gasteiger charge is -2.25. The molecule has 3 rings (SSSR count). The van der Waals surface area contributed by atoms with Gasteiger partial charge in [-0.15, -0.1) is 0 Å². The lowest BCUT2D eigenvalue weighted by Crippen LogP contribution is -2.33. The zero-order valence-electron chi connectivity index (χ0n) is 24.0. The van der Waals surface area contributed by atoms with Gasteiger partial charge in [-0.2, -0.15) is 0 Å². The average molecular weight is 535 g/mol. The number of benzene rings is 3. The van der Waals surface area contributed by atoms with E-state index in [9.17, 15) is 5.11 Å². The summed E-state index contributed by atoms with van der Waals surface area (Å²) in [4.78, 5) is 3.83. The van der Waals surface area contributed by atoms with Crippen molar-refractivity contribution in [2.24, 2.45) is 0 Å². The first kappa shape index (κ1) is 29.5. The smallest absolute Gasteiger partial charge is 0.269 e. The largest absolute Gasteiger partial charge is 0.491 e. The van der Waals surface area contributed by atoms with Crippen LogP contribution in [0.2, 0.25) is 0 Å². The topological polar surface area (TPSA) is 45.2 Å². The number of aliphatic hydroxyl groups excluding tert-OH is 1. The molecule has 0 fully saturated rings. The Morgan fingerprint density at radius 1 is 0.789 bits per heavy atom. The van der Waals surface area contributed by atoms with Gasteiger partial charge in [0.2, 0.25) is 0 Å². The second kappa shape index (κ2) is 12.2. The van der Waals surface area contributed by atoms with Crippen LogP contribution in [-0.4, -0.2) is 43.6 Å². The molecule has 0 aliphatic heterocycles. The van der Waals surface area contributed by atoms with Gasteiger partial charge in [0.15, 0.2) is 0 Å². The van der Waals surface area contributed by atoms with Crippen molar-refractivity contribution in [3.63, 3.8) is 0 Å². The van der Waals surface area contributed by atoms with E-state index in [1.165, 1.54) is 11.1 Å². The van der Waals surface area contributed by atoms with Gasteiger partial charge in [0.05, 0.1) is 0 Å². The van der Waals surface area contributed by atoms with E-state index < -0.39 is 6.10 Å². The van der Waals surface area contributed by atoms with Gasteiger partial charge < -0.3 is 24.4 Å². The molecule has 0 saturated heterocycles. The van der Waals surface area contributed by atoms with Crippen molar-refractivity contribution in [3.8, 4) is 11.5 Å². The van der Waals surface area contributed by atoms with Gasteiger partial charge in [0.1, 0.15) is 24.2 Å². The summed E-state index contributed by atoms with van der Waals surface area (Å²) < 4.78 is 11.8. The third-order valence-electron chi connectivity index (χ3n) is 6.51. The second-order valence-electron chi connectivity index (χ2n) is 11.8. The molecule has 0 bridgehead atoms. The summed E-state index contributed by atoms with van der Waals surface area (Å²) in [5.41, 5.74) is 4.61. The lowest BCUT2D eigenvalue weighted by atomic mass is 9.87. The van der Waals surface area contributed by atoms with Crippen LogP contribution in [0.15, 0.2) is 72.8 Å². The molecule has 3 aromatic carbocycles. The van der Waals surface area contributed by atoms with Crippen LogP contribution in [0.25, 0.3) is 0 Å². The summed E-state index contributed by atoms with van der Waals surface area (Å²) in [5.74, 6) is 1.35. The molecule has 0 aromatic heterocycles. The molecule has 1 unspecified atom stereocenters. The van der Waals surface area contributed by atoms with E-state index in [0.29, 0.717) is 23.2 Å². The van der Waals surface area contributed by atoms with E-state index in [0.717, 1.165) is 11.4 Å². The minimum atomic E-state index is -0.649. The monoisotopic (exact) mass is 534 g/mol. The molecule has 0 aliphatic rings. The number of nitrogens with zero attached hydrogens (tertiary/aromatic N) is 2. The first-order valence-corrected chi connectivity index (χ1v) is 13.4. The van der Waals surface area contributed by atoms with Crippen LogP contribution >= 0.6 is 12.2 Å². The van der Waals surface area contributed by atoms with Gasteiger partial charge in [0.25, 0.3) is 5.17 Å². The normalized spacial score (nSPS) is 12.6. The number of hydrogen-bond acceptors (Lipinski definition) is 5. The number of rotatable bonds is 8. The molecular weight excluding hydrogens is 492 g/mol. The second-order valence-corrected chi connectivity index (χ2v) is 12.2. The van der Waals surface area contributed by atoms with E-state index in [-0.39, 0.29) is 17.4 Å². The quantitative estimate of drug-likeness (QED) is 0.315. The number of ether oxygens (including phenoxy) is 2. The van der Waals surface area contributed by atoms with E-state index in [4.69, 9.17) is 21.7 Å². The van der Waals surface area contributed by atoms with Crippen molar-refractivity contribution in [1.82, 2.24) is 0 Å². The first-order valence-electron chi connectivity index (χ1n) is 13.0. The summed E-state index contributed by atoms with van der Waals surface area (Å²) in [6.45, 7) is 13.8. The fourth-order valence-electron chi connectivity index (χ4n) is 3.96. The van der Waals surface area contributed by atoms with E-state index in [1.54, 1.807) is 4.90 Å². The Hall–Kier alpha value is -3.09. The lowest BCUT2D eigenvalue weighted by molar-refractivity contribution is 0.113. The van der Waals surface area contributed by atoms with Crippen LogP contribution < -0.4 is 19.3 Å². The average Bonchev–Trinajstić information content (AvgIpc) is 2.86. The van der Waals surface area contributed by atoms with E-state index in [2.05, 4.69) is 77.9 Å². The third-order valence-corrected chi connectivity index (χ3v) is 6.86. The van der Waals surface area contributed by atoms with Crippen LogP contribution in [0.5, 0.6) is 11.5 Å². The fraction of sp³-hybridized carbons (Fsp3) is 0.406. The molecule has 1 N–H and O–H groups in total. The van der Waals surface area contributed by atoms with Gasteiger partial charge in [-0.1, -0.05) is 71.9 Å². The Balaban J connectivity index is 1.54. The molecule has 1 atom stereocenters. The maximum absolute atomic E-state index is 10.6. The van der Waals surface area contributed by atoms with Gasteiger partial charge in [-0.25, -0.2) is 0 Å². The summed E-state index contributed by atoms with van der Waals surface area (Å²) in [5, 5.41) is 10.9. The van der Waals surface area contributed by atoms with Crippen LogP contribution in [0.4, 0.5) is 11.4 Å². The zero-order valence-corrected chi connectivity index (χ0v) is 24.8. The number of thiocarbonyl (C=S) groups is 1. The summed E-state index contributed by atoms with van der Waals surface area (Å²) in [6, 6.07) is 24.1. The molecule has 0 amide bonds. The minimum absolute atomic E-state index is 0.0803. The number of likely N-dealkylation sites (N-methyl/N-ethyl adjacent to an activating group) is 1. The predicted octanol–water partition coefficient (Wildman–Crippen LogP) is 6.96. The number of hydrogen-bond donors (Lipinski definition) is 1. The maximum atomic E-state index is 10.6. The van der Waals surface area contributed by atoms with Crippen molar-refractivity contribution in [2.75, 3.05) is 37.0 Å². The maximum Gasteiger partial charge on any atom is 0.269 e. The highest BCUT2D eigenvalue weighted by molar-refractivity contribution is 7.80. The molecule has 0 aliphatic carbocycles. The van der Waals surface area contributed by atoms with Crippen LogP contribution in [0, 0.1) is 0 Å². The Morgan fingerprint density at radius 2 is 1.34 bits per heavy atom. The molecule has 3 aromatic rings. The van der Waals surface area contributed by atoms with Crippen molar-refractivity contribution in [1.29, 1.82) is 0 Å². The number of anilines is 2. The SMILES string of the molecule is CN(CC(O)COc1cccc(N(C)C(=S)Oc2ccc(C(C)(C)C)cc2)c1)c1ccc(C(C)(C)C)cc1. The highest BCUT2D eigenvalue weighted by atomic mass is 32.1.